The molecule has 2 aliphatic rings. The molecule has 1 aromatic carbocycles. The second-order valence-electron chi connectivity index (χ2n) is 7.25. The van der Waals surface area contributed by atoms with E-state index in [0.717, 1.165) is 43.3 Å². The van der Waals surface area contributed by atoms with Crippen LogP contribution in [0.4, 0.5) is 0 Å². The average molecular weight is 369 g/mol. The van der Waals surface area contributed by atoms with E-state index in [0.29, 0.717) is 19.7 Å². The van der Waals surface area contributed by atoms with Gasteiger partial charge in [-0.3, -0.25) is 14.6 Å². The highest BCUT2D eigenvalue weighted by Crippen LogP contribution is 2.25. The van der Waals surface area contributed by atoms with Crippen LogP contribution in [0.25, 0.3) is 0 Å². The Labute approximate surface area is 160 Å². The molecular weight excluding hydrogens is 342 g/mol. The number of nitrogens with one attached hydrogen (secondary N) is 1. The van der Waals surface area contributed by atoms with Crippen molar-refractivity contribution in [2.45, 2.75) is 25.4 Å². The third kappa shape index (κ3) is 4.51. The Kier molecular flexibility index (Phi) is 5.75. The van der Waals surface area contributed by atoms with Crippen LogP contribution >= 0.6 is 0 Å². The minimum absolute atomic E-state index is 0.0464. The van der Waals surface area contributed by atoms with E-state index in [4.69, 9.17) is 9.15 Å². The number of benzene rings is 1. The number of hydrogen-bond acceptors (Lipinski definition) is 5. The summed E-state index contributed by atoms with van der Waals surface area (Å²) >= 11 is 0. The lowest BCUT2D eigenvalue weighted by molar-refractivity contribution is -0.122. The van der Waals surface area contributed by atoms with E-state index in [9.17, 15) is 4.79 Å². The summed E-state index contributed by atoms with van der Waals surface area (Å²) in [5.74, 6) is 1.90. The number of amides is 1. The Morgan fingerprint density at radius 1 is 1.11 bits per heavy atom. The Balaban J connectivity index is 1.33. The summed E-state index contributed by atoms with van der Waals surface area (Å²) in [7, 11) is 0. The number of para-hydroxylation sites is 1. The molecule has 1 saturated heterocycles. The second kappa shape index (κ2) is 8.59. The van der Waals surface area contributed by atoms with Gasteiger partial charge in [-0.15, -0.1) is 0 Å². The first-order valence-electron chi connectivity index (χ1n) is 9.77. The van der Waals surface area contributed by atoms with E-state index < -0.39 is 0 Å². The summed E-state index contributed by atoms with van der Waals surface area (Å²) in [5.41, 5.74) is 1.13. The van der Waals surface area contributed by atoms with Gasteiger partial charge in [-0.2, -0.15) is 0 Å². The molecule has 4 rings (SSSR count). The summed E-state index contributed by atoms with van der Waals surface area (Å²) in [5, 5.41) is 3.12. The lowest BCUT2D eigenvalue weighted by Crippen LogP contribution is -2.42. The summed E-state index contributed by atoms with van der Waals surface area (Å²) in [4.78, 5) is 17.1. The summed E-state index contributed by atoms with van der Waals surface area (Å²) in [6.07, 6.45) is 4.12. The molecule has 1 unspecified atom stereocenters. The monoisotopic (exact) mass is 369 g/mol. The lowest BCUT2D eigenvalue weighted by atomic mass is 10.2. The molecule has 2 aromatic rings. The van der Waals surface area contributed by atoms with Gasteiger partial charge in [-0.05, 0) is 44.1 Å². The van der Waals surface area contributed by atoms with E-state index >= 15 is 0 Å². The number of ether oxygens (including phenoxy) is 1. The highest BCUT2D eigenvalue weighted by Gasteiger charge is 2.26. The maximum Gasteiger partial charge on any atom is 0.234 e. The first-order valence-corrected chi connectivity index (χ1v) is 9.77. The maximum absolute atomic E-state index is 12.6. The molecule has 27 heavy (non-hydrogen) atoms. The van der Waals surface area contributed by atoms with Crippen molar-refractivity contribution >= 4 is 5.91 Å². The van der Waals surface area contributed by atoms with E-state index in [1.807, 2.05) is 30.3 Å². The summed E-state index contributed by atoms with van der Waals surface area (Å²) < 4.78 is 11.4. The number of likely N-dealkylation sites (tertiary alicyclic amines) is 1. The highest BCUT2D eigenvalue weighted by molar-refractivity contribution is 5.78. The Bertz CT molecular complexity index is 741. The molecular formula is C21H27N3O3. The van der Waals surface area contributed by atoms with Crippen LogP contribution in [0.3, 0.4) is 0 Å². The van der Waals surface area contributed by atoms with Gasteiger partial charge in [-0.25, -0.2) is 0 Å². The molecule has 1 atom stereocenters. The molecule has 0 radical (unpaired) electrons. The van der Waals surface area contributed by atoms with Crippen LogP contribution < -0.4 is 10.1 Å². The van der Waals surface area contributed by atoms with E-state index in [1.54, 1.807) is 6.26 Å². The first-order chi connectivity index (χ1) is 13.3. The van der Waals surface area contributed by atoms with Crippen LogP contribution in [0, 0.1) is 0 Å². The summed E-state index contributed by atoms with van der Waals surface area (Å²) in [6.45, 7) is 5.15. The smallest absolute Gasteiger partial charge is 0.234 e. The predicted octanol–water partition coefficient (Wildman–Crippen LogP) is 2.43. The molecule has 0 bridgehead atoms. The molecule has 0 spiro atoms. The molecule has 144 valence electrons. The number of carbonyl (C=O) groups excluding carboxylic acids is 1. The maximum atomic E-state index is 12.6. The van der Waals surface area contributed by atoms with E-state index in [-0.39, 0.29) is 11.9 Å². The SMILES string of the molecule is O=C(CN1CCOc2ccccc2C1)NCC(c1ccco1)N1CCCC1. The standard InChI is InChI=1S/C21H27N3O3/c25-21(16-23-11-13-27-19-7-2-1-6-17(19)15-23)22-14-18(20-8-5-12-26-20)24-9-3-4-10-24/h1-2,5-8,12,18H,3-4,9-11,13-16H2,(H,22,25). The van der Waals surface area contributed by atoms with Crippen LogP contribution in [0.1, 0.15) is 30.2 Å². The van der Waals surface area contributed by atoms with Gasteiger partial charge in [0, 0.05) is 25.2 Å². The first kappa shape index (κ1) is 18.1. The van der Waals surface area contributed by atoms with Gasteiger partial charge in [0.25, 0.3) is 0 Å². The molecule has 1 fully saturated rings. The normalized spacial score (nSPS) is 19.1. The molecule has 0 aliphatic carbocycles. The Hall–Kier alpha value is -2.31. The van der Waals surface area contributed by atoms with Crippen molar-refractivity contribution in [1.82, 2.24) is 15.1 Å². The van der Waals surface area contributed by atoms with Crippen molar-refractivity contribution in [3.8, 4) is 5.75 Å². The molecule has 1 aromatic heterocycles. The van der Waals surface area contributed by atoms with E-state index in [2.05, 4.69) is 21.2 Å². The zero-order valence-corrected chi connectivity index (χ0v) is 15.6. The zero-order chi connectivity index (χ0) is 18.5. The van der Waals surface area contributed by atoms with Gasteiger partial charge in [0.05, 0.1) is 18.8 Å². The highest BCUT2D eigenvalue weighted by atomic mass is 16.5. The van der Waals surface area contributed by atoms with Crippen molar-refractivity contribution in [1.29, 1.82) is 0 Å². The number of carbonyl (C=O) groups is 1. The third-order valence-corrected chi connectivity index (χ3v) is 5.34. The minimum atomic E-state index is 0.0464. The topological polar surface area (TPSA) is 58.0 Å². The molecule has 0 saturated carbocycles. The van der Waals surface area contributed by atoms with Crippen molar-refractivity contribution < 1.29 is 13.9 Å². The fourth-order valence-electron chi connectivity index (χ4n) is 3.93. The number of fused-ring (bicyclic) bond motifs is 1. The second-order valence-corrected chi connectivity index (χ2v) is 7.25. The third-order valence-electron chi connectivity index (χ3n) is 5.34. The fourth-order valence-corrected chi connectivity index (χ4v) is 3.93. The largest absolute Gasteiger partial charge is 0.492 e. The van der Waals surface area contributed by atoms with Gasteiger partial charge in [0.15, 0.2) is 0 Å². The zero-order valence-electron chi connectivity index (χ0n) is 15.6. The van der Waals surface area contributed by atoms with Crippen LogP contribution in [0.15, 0.2) is 47.1 Å². The molecule has 1 N–H and O–H groups in total. The lowest BCUT2D eigenvalue weighted by Gasteiger charge is -2.26. The minimum Gasteiger partial charge on any atom is -0.492 e. The Morgan fingerprint density at radius 3 is 2.78 bits per heavy atom. The van der Waals surface area contributed by atoms with Crippen LogP contribution in [-0.4, -0.2) is 55.0 Å². The molecule has 1 amide bonds. The summed E-state index contributed by atoms with van der Waals surface area (Å²) in [6, 6.07) is 12.1. The van der Waals surface area contributed by atoms with Crippen molar-refractivity contribution in [3.63, 3.8) is 0 Å². The molecule has 2 aliphatic heterocycles. The van der Waals surface area contributed by atoms with E-state index in [1.165, 1.54) is 12.8 Å². The van der Waals surface area contributed by atoms with Gasteiger partial charge in [0.2, 0.25) is 5.91 Å². The number of rotatable bonds is 6. The molecule has 3 heterocycles. The van der Waals surface area contributed by atoms with Crippen LogP contribution in [-0.2, 0) is 11.3 Å². The number of nitrogens with zero attached hydrogens (tertiary/aromatic N) is 2. The Morgan fingerprint density at radius 2 is 1.96 bits per heavy atom. The number of hydrogen-bond donors (Lipinski definition) is 1. The van der Waals surface area contributed by atoms with Crippen LogP contribution in [0.5, 0.6) is 5.75 Å². The van der Waals surface area contributed by atoms with Crippen molar-refractivity contribution in [3.05, 3.63) is 54.0 Å². The predicted molar refractivity (Wildman–Crippen MR) is 102 cm³/mol. The van der Waals surface area contributed by atoms with Gasteiger partial charge in [-0.1, -0.05) is 18.2 Å². The quantitative estimate of drug-likeness (QED) is 0.848. The van der Waals surface area contributed by atoms with Gasteiger partial charge >= 0.3 is 0 Å². The van der Waals surface area contributed by atoms with Gasteiger partial charge in [0.1, 0.15) is 18.1 Å². The van der Waals surface area contributed by atoms with Crippen molar-refractivity contribution in [2.24, 2.45) is 0 Å². The van der Waals surface area contributed by atoms with Gasteiger partial charge < -0.3 is 14.5 Å². The fraction of sp³-hybridized carbons (Fsp3) is 0.476. The molecule has 6 heteroatoms. The number of furan rings is 1. The van der Waals surface area contributed by atoms with Crippen LogP contribution in [0.2, 0.25) is 0 Å². The van der Waals surface area contributed by atoms with Crippen molar-refractivity contribution in [2.75, 3.05) is 39.3 Å². The average Bonchev–Trinajstić information content (AvgIpc) is 3.35. The molecule has 6 nitrogen and oxygen atoms in total.